The van der Waals surface area contributed by atoms with Crippen molar-refractivity contribution >= 4 is 40.5 Å². The number of aromatic nitrogens is 3. The van der Waals surface area contributed by atoms with Gasteiger partial charge in [-0.2, -0.15) is 0 Å². The first-order chi connectivity index (χ1) is 10.1. The smallest absolute Gasteiger partial charge is 0.191 e. The van der Waals surface area contributed by atoms with Crippen molar-refractivity contribution < 1.29 is 4.79 Å². The monoisotopic (exact) mass is 341 g/mol. The first-order valence-electron chi connectivity index (χ1n) is 7.03. The summed E-state index contributed by atoms with van der Waals surface area (Å²) >= 11 is 8.72. The molecule has 112 valence electrons. The van der Waals surface area contributed by atoms with E-state index < -0.39 is 0 Å². The van der Waals surface area contributed by atoms with Gasteiger partial charge in [0.1, 0.15) is 5.82 Å². The van der Waals surface area contributed by atoms with Gasteiger partial charge in [-0.15, -0.1) is 21.5 Å². The molecule has 2 aromatic heterocycles. The lowest BCUT2D eigenvalue weighted by molar-refractivity contribution is 0.0997. The van der Waals surface area contributed by atoms with Crippen molar-refractivity contribution in [1.82, 2.24) is 14.8 Å². The molecule has 0 saturated heterocycles. The molecule has 0 spiro atoms. The van der Waals surface area contributed by atoms with Crippen LogP contribution in [0.15, 0.2) is 17.3 Å². The lowest BCUT2D eigenvalue weighted by Crippen LogP contribution is -2.13. The molecule has 3 rings (SSSR count). The van der Waals surface area contributed by atoms with Crippen LogP contribution in [0.5, 0.6) is 0 Å². The van der Waals surface area contributed by atoms with E-state index in [1.165, 1.54) is 35.9 Å². The molecule has 0 saturated carbocycles. The summed E-state index contributed by atoms with van der Waals surface area (Å²) in [7, 11) is 0. The van der Waals surface area contributed by atoms with E-state index in [-0.39, 0.29) is 11.0 Å². The molecule has 1 aliphatic rings. The number of ketones is 1. The van der Waals surface area contributed by atoms with Crippen LogP contribution in [0.25, 0.3) is 0 Å². The zero-order chi connectivity index (χ0) is 14.8. The Hall–Kier alpha value is -0.850. The Labute approximate surface area is 136 Å². The second kappa shape index (κ2) is 6.50. The van der Waals surface area contributed by atoms with Gasteiger partial charge in [-0.1, -0.05) is 29.8 Å². The number of carbonyl (C=O) groups excluding carboxylic acids is 1. The number of halogens is 1. The first kappa shape index (κ1) is 15.1. The molecule has 0 amide bonds. The molecule has 7 heteroatoms. The van der Waals surface area contributed by atoms with Gasteiger partial charge in [0.15, 0.2) is 10.9 Å². The van der Waals surface area contributed by atoms with Crippen molar-refractivity contribution in [2.45, 2.75) is 49.6 Å². The summed E-state index contributed by atoms with van der Waals surface area (Å²) in [5.74, 6) is 1.15. The molecule has 1 unspecified atom stereocenters. The van der Waals surface area contributed by atoms with Crippen LogP contribution in [-0.2, 0) is 13.0 Å². The largest absolute Gasteiger partial charge is 0.306 e. The Bertz CT molecular complexity index is 652. The zero-order valence-corrected chi connectivity index (χ0v) is 14.1. The minimum atomic E-state index is -0.184. The van der Waals surface area contributed by atoms with Crippen LogP contribution in [0.4, 0.5) is 0 Å². The Balaban J connectivity index is 1.74. The van der Waals surface area contributed by atoms with Gasteiger partial charge in [-0.25, -0.2) is 0 Å². The number of carbonyl (C=O) groups is 1. The maximum atomic E-state index is 12.4. The number of fused-ring (bicyclic) bond motifs is 1. The van der Waals surface area contributed by atoms with E-state index in [0.29, 0.717) is 9.21 Å². The molecule has 3 heterocycles. The van der Waals surface area contributed by atoms with Crippen LogP contribution in [0.2, 0.25) is 4.34 Å². The number of rotatable bonds is 4. The van der Waals surface area contributed by atoms with E-state index >= 15 is 0 Å². The number of nitrogens with zero attached hydrogens (tertiary/aromatic N) is 3. The van der Waals surface area contributed by atoms with Crippen LogP contribution < -0.4 is 0 Å². The van der Waals surface area contributed by atoms with E-state index in [4.69, 9.17) is 11.6 Å². The van der Waals surface area contributed by atoms with E-state index in [9.17, 15) is 4.79 Å². The minimum Gasteiger partial charge on any atom is -0.306 e. The number of hydrogen-bond donors (Lipinski definition) is 0. The maximum absolute atomic E-state index is 12.4. The van der Waals surface area contributed by atoms with Crippen LogP contribution in [0.1, 0.15) is 41.7 Å². The molecule has 0 bridgehead atoms. The van der Waals surface area contributed by atoms with Gasteiger partial charge in [0.25, 0.3) is 0 Å². The van der Waals surface area contributed by atoms with Crippen molar-refractivity contribution in [2.24, 2.45) is 0 Å². The number of thioether (sulfide) groups is 1. The topological polar surface area (TPSA) is 47.8 Å². The number of aryl methyl sites for hydroxylation is 1. The summed E-state index contributed by atoms with van der Waals surface area (Å²) in [5.41, 5.74) is 0. The summed E-state index contributed by atoms with van der Waals surface area (Å²) in [5, 5.41) is 9.20. The van der Waals surface area contributed by atoms with E-state index in [2.05, 4.69) is 14.8 Å². The SMILES string of the molecule is CC(Sc1nnc2n1CCCCC2)C(=O)c1ccc(Cl)s1. The van der Waals surface area contributed by atoms with Gasteiger partial charge < -0.3 is 4.57 Å². The third kappa shape index (κ3) is 3.33. The average molecular weight is 342 g/mol. The highest BCUT2D eigenvalue weighted by Gasteiger charge is 2.22. The van der Waals surface area contributed by atoms with Crippen molar-refractivity contribution in [3.63, 3.8) is 0 Å². The van der Waals surface area contributed by atoms with E-state index in [0.717, 1.165) is 30.4 Å². The van der Waals surface area contributed by atoms with Gasteiger partial charge in [0.2, 0.25) is 0 Å². The van der Waals surface area contributed by atoms with Crippen LogP contribution in [0, 0.1) is 0 Å². The quantitative estimate of drug-likeness (QED) is 0.621. The van der Waals surface area contributed by atoms with Crippen molar-refractivity contribution in [3.05, 3.63) is 27.2 Å². The highest BCUT2D eigenvalue weighted by molar-refractivity contribution is 8.00. The van der Waals surface area contributed by atoms with Crippen molar-refractivity contribution in [3.8, 4) is 0 Å². The Kier molecular flexibility index (Phi) is 4.66. The van der Waals surface area contributed by atoms with Crippen LogP contribution >= 0.6 is 34.7 Å². The van der Waals surface area contributed by atoms with Gasteiger partial charge in [0.05, 0.1) is 14.5 Å². The third-order valence-electron chi connectivity index (χ3n) is 3.54. The molecule has 0 aliphatic carbocycles. The Morgan fingerprint density at radius 3 is 3.00 bits per heavy atom. The highest BCUT2D eigenvalue weighted by atomic mass is 35.5. The fourth-order valence-electron chi connectivity index (χ4n) is 2.40. The zero-order valence-electron chi connectivity index (χ0n) is 11.7. The second-order valence-electron chi connectivity index (χ2n) is 5.09. The minimum absolute atomic E-state index is 0.0999. The van der Waals surface area contributed by atoms with Gasteiger partial charge in [0, 0.05) is 13.0 Å². The summed E-state index contributed by atoms with van der Waals surface area (Å²) < 4.78 is 2.81. The molecule has 21 heavy (non-hydrogen) atoms. The molecule has 0 aromatic carbocycles. The molecule has 2 aromatic rings. The molecule has 0 fully saturated rings. The van der Waals surface area contributed by atoms with Gasteiger partial charge >= 0.3 is 0 Å². The molecular weight excluding hydrogens is 326 g/mol. The maximum Gasteiger partial charge on any atom is 0.191 e. The number of Topliss-reactive ketones (excluding diaryl/α,β-unsaturated/α-hetero) is 1. The van der Waals surface area contributed by atoms with Crippen LogP contribution in [0.3, 0.4) is 0 Å². The molecule has 0 N–H and O–H groups in total. The average Bonchev–Trinajstić information content (AvgIpc) is 2.98. The lowest BCUT2D eigenvalue weighted by atomic mass is 10.2. The standard InChI is InChI=1S/C14H16ClN3OS2/c1-9(13(19)10-6-7-11(15)21-10)20-14-17-16-12-5-3-2-4-8-18(12)14/h6-7,9H,2-5,8H2,1H3. The summed E-state index contributed by atoms with van der Waals surface area (Å²) in [6.45, 7) is 2.87. The van der Waals surface area contributed by atoms with Gasteiger partial charge in [-0.3, -0.25) is 4.79 Å². The number of thiophene rings is 1. The predicted molar refractivity (Wildman–Crippen MR) is 86.6 cm³/mol. The van der Waals surface area contributed by atoms with Crippen molar-refractivity contribution in [1.29, 1.82) is 0 Å². The van der Waals surface area contributed by atoms with E-state index in [1.807, 2.05) is 6.92 Å². The first-order valence-corrected chi connectivity index (χ1v) is 9.11. The fourth-order valence-corrected chi connectivity index (χ4v) is 4.51. The summed E-state index contributed by atoms with van der Waals surface area (Å²) in [6, 6.07) is 3.55. The molecule has 1 atom stereocenters. The Morgan fingerprint density at radius 1 is 1.38 bits per heavy atom. The fraction of sp³-hybridized carbons (Fsp3) is 0.500. The normalized spacial score (nSPS) is 16.3. The lowest BCUT2D eigenvalue weighted by Gasteiger charge is -2.10. The van der Waals surface area contributed by atoms with Crippen molar-refractivity contribution in [2.75, 3.05) is 0 Å². The predicted octanol–water partition coefficient (Wildman–Crippen LogP) is 4.08. The third-order valence-corrected chi connectivity index (χ3v) is 5.87. The summed E-state index contributed by atoms with van der Waals surface area (Å²) in [6.07, 6.45) is 4.54. The molecule has 0 radical (unpaired) electrons. The second-order valence-corrected chi connectivity index (χ2v) is 8.11. The molecule has 1 aliphatic heterocycles. The highest BCUT2D eigenvalue weighted by Crippen LogP contribution is 2.30. The molecule has 4 nitrogen and oxygen atoms in total. The number of hydrogen-bond acceptors (Lipinski definition) is 5. The van der Waals surface area contributed by atoms with E-state index in [1.54, 1.807) is 12.1 Å². The molecular formula is C14H16ClN3OS2. The van der Waals surface area contributed by atoms with Gasteiger partial charge in [-0.05, 0) is 31.9 Å². The summed E-state index contributed by atoms with van der Waals surface area (Å²) in [4.78, 5) is 13.1. The Morgan fingerprint density at radius 2 is 2.24 bits per heavy atom. The van der Waals surface area contributed by atoms with Crippen LogP contribution in [-0.4, -0.2) is 25.8 Å².